The zero-order valence-electron chi connectivity index (χ0n) is 17.9. The molecule has 4 rings (SSSR count). The maximum atomic E-state index is 13.2. The van der Waals surface area contributed by atoms with E-state index in [2.05, 4.69) is 34.2 Å². The number of carbonyl (C=O) groups excluding carboxylic acids is 1. The molecule has 1 aliphatic heterocycles. The standard InChI is InChI=1S/C20H20F2N6O4S/c1-4-33(3,30)27-14-6-8-17(23-10-14)28-18(24-11-25-28)12(2)26-19(29)13-5-7-15-16(9-13)32-20(21,22)31-15/h5-12H,4H2,1-3H3,(H,26,29)/t12-,33?/m0/s1. The Hall–Kier alpha value is -3.61. The third-order valence-corrected chi connectivity index (χ3v) is 6.42. The minimum absolute atomic E-state index is 0.108. The fraction of sp³-hybridized carbons (Fsp3) is 0.300. The molecule has 0 bridgehead atoms. The van der Waals surface area contributed by atoms with Crippen molar-refractivity contribution in [2.75, 3.05) is 12.0 Å². The summed E-state index contributed by atoms with van der Waals surface area (Å²) < 4.78 is 53.0. The first-order valence-electron chi connectivity index (χ1n) is 9.84. The molecule has 1 aromatic carbocycles. The van der Waals surface area contributed by atoms with Crippen molar-refractivity contribution in [1.29, 1.82) is 0 Å². The van der Waals surface area contributed by atoms with Gasteiger partial charge in [-0.1, -0.05) is 6.92 Å². The highest BCUT2D eigenvalue weighted by atomic mass is 32.2. The highest BCUT2D eigenvalue weighted by Gasteiger charge is 2.43. The van der Waals surface area contributed by atoms with Gasteiger partial charge in [-0.15, -0.1) is 8.78 Å². The second-order valence-corrected chi connectivity index (χ2v) is 9.95. The van der Waals surface area contributed by atoms with Crippen LogP contribution in [0.4, 0.5) is 14.5 Å². The lowest BCUT2D eigenvalue weighted by atomic mass is 10.1. The summed E-state index contributed by atoms with van der Waals surface area (Å²) in [5.41, 5.74) is 0.584. The van der Waals surface area contributed by atoms with E-state index in [0.717, 1.165) is 0 Å². The number of carbonyl (C=O) groups is 1. The molecule has 0 saturated heterocycles. The van der Waals surface area contributed by atoms with Crippen LogP contribution in [0.5, 0.6) is 11.5 Å². The summed E-state index contributed by atoms with van der Waals surface area (Å²) >= 11 is 0. The SMILES string of the molecule is CCS(C)(=O)=Nc1ccc(-n2ncnc2[C@H](C)NC(=O)c2ccc3c(c2)OC(F)(F)O3)nc1. The van der Waals surface area contributed by atoms with E-state index in [1.54, 1.807) is 32.2 Å². The predicted molar refractivity (Wildman–Crippen MR) is 114 cm³/mol. The Kier molecular flexibility index (Phi) is 5.74. The first kappa shape index (κ1) is 22.6. The Bertz CT molecular complexity index is 1320. The number of rotatable bonds is 6. The van der Waals surface area contributed by atoms with Gasteiger partial charge in [0.1, 0.15) is 6.33 Å². The lowest BCUT2D eigenvalue weighted by Crippen LogP contribution is -2.28. The summed E-state index contributed by atoms with van der Waals surface area (Å²) in [5.74, 6) is 0.330. The number of fused-ring (bicyclic) bond motifs is 1. The number of alkyl halides is 2. The van der Waals surface area contributed by atoms with Gasteiger partial charge in [0.25, 0.3) is 5.91 Å². The molecule has 10 nitrogen and oxygen atoms in total. The third-order valence-electron chi connectivity index (χ3n) is 4.76. The average Bonchev–Trinajstić information content (AvgIpc) is 3.36. The lowest BCUT2D eigenvalue weighted by Gasteiger charge is -2.14. The van der Waals surface area contributed by atoms with E-state index in [9.17, 15) is 17.8 Å². The fourth-order valence-corrected chi connectivity index (χ4v) is 3.69. The van der Waals surface area contributed by atoms with Crippen molar-refractivity contribution in [2.45, 2.75) is 26.2 Å². The number of nitrogens with one attached hydrogen (secondary N) is 1. The minimum atomic E-state index is -3.76. The number of amides is 1. The Morgan fingerprint density at radius 3 is 2.70 bits per heavy atom. The van der Waals surface area contributed by atoms with Crippen molar-refractivity contribution in [3.05, 3.63) is 54.2 Å². The molecule has 174 valence electrons. The van der Waals surface area contributed by atoms with E-state index in [4.69, 9.17) is 0 Å². The van der Waals surface area contributed by atoms with Gasteiger partial charge in [0, 0.05) is 27.3 Å². The first-order valence-corrected chi connectivity index (χ1v) is 11.9. The summed E-state index contributed by atoms with van der Waals surface area (Å²) in [6.07, 6.45) is 0.607. The lowest BCUT2D eigenvalue weighted by molar-refractivity contribution is -0.286. The maximum absolute atomic E-state index is 13.2. The summed E-state index contributed by atoms with van der Waals surface area (Å²) in [6.45, 7) is 3.49. The van der Waals surface area contributed by atoms with Gasteiger partial charge >= 0.3 is 6.29 Å². The quantitative estimate of drug-likeness (QED) is 0.577. The molecule has 0 spiro atoms. The van der Waals surface area contributed by atoms with Crippen LogP contribution in [-0.4, -0.2) is 48.2 Å². The number of ether oxygens (including phenoxy) is 2. The average molecular weight is 478 g/mol. The van der Waals surface area contributed by atoms with Crippen LogP contribution in [0.15, 0.2) is 47.2 Å². The molecule has 1 amide bonds. The zero-order valence-corrected chi connectivity index (χ0v) is 18.7. The van der Waals surface area contributed by atoms with Crippen LogP contribution in [0.3, 0.4) is 0 Å². The number of pyridine rings is 1. The second kappa shape index (κ2) is 8.39. The van der Waals surface area contributed by atoms with E-state index in [1.165, 1.54) is 35.4 Å². The summed E-state index contributed by atoms with van der Waals surface area (Å²) in [5, 5.41) is 6.90. The molecule has 0 saturated carbocycles. The van der Waals surface area contributed by atoms with Gasteiger partial charge in [-0.3, -0.25) is 4.79 Å². The second-order valence-electron chi connectivity index (χ2n) is 7.27. The topological polar surface area (TPSA) is 121 Å². The Balaban J connectivity index is 1.51. The molecule has 1 aliphatic rings. The summed E-state index contributed by atoms with van der Waals surface area (Å²) in [7, 11) is -2.32. The van der Waals surface area contributed by atoms with Crippen molar-refractivity contribution in [3.8, 4) is 17.3 Å². The molecule has 0 fully saturated rings. The first-order chi connectivity index (χ1) is 15.6. The molecular weight excluding hydrogens is 458 g/mol. The van der Waals surface area contributed by atoms with E-state index in [1.807, 2.05) is 0 Å². The van der Waals surface area contributed by atoms with Crippen molar-refractivity contribution in [3.63, 3.8) is 0 Å². The van der Waals surface area contributed by atoms with Crippen LogP contribution in [0.25, 0.3) is 5.82 Å². The van der Waals surface area contributed by atoms with Gasteiger partial charge in [-0.05, 0) is 37.3 Å². The smallest absolute Gasteiger partial charge is 0.395 e. The maximum Gasteiger partial charge on any atom is 0.586 e. The molecule has 2 aromatic heterocycles. The van der Waals surface area contributed by atoms with Crippen molar-refractivity contribution in [2.24, 2.45) is 4.36 Å². The van der Waals surface area contributed by atoms with Gasteiger partial charge in [-0.2, -0.15) is 14.1 Å². The van der Waals surface area contributed by atoms with Crippen LogP contribution >= 0.6 is 0 Å². The summed E-state index contributed by atoms with van der Waals surface area (Å²) in [4.78, 5) is 21.2. The molecule has 1 unspecified atom stereocenters. The van der Waals surface area contributed by atoms with Gasteiger partial charge in [-0.25, -0.2) is 14.2 Å². The number of benzene rings is 1. The van der Waals surface area contributed by atoms with E-state index >= 15 is 0 Å². The van der Waals surface area contributed by atoms with Crippen molar-refractivity contribution in [1.82, 2.24) is 25.1 Å². The fourth-order valence-electron chi connectivity index (χ4n) is 3.00. The Morgan fingerprint density at radius 1 is 1.24 bits per heavy atom. The van der Waals surface area contributed by atoms with Gasteiger partial charge in [0.15, 0.2) is 23.1 Å². The number of hydrogen-bond donors (Lipinski definition) is 1. The largest absolute Gasteiger partial charge is 0.586 e. The molecule has 13 heteroatoms. The van der Waals surface area contributed by atoms with E-state index in [0.29, 0.717) is 23.1 Å². The molecular formula is C20H20F2N6O4S. The predicted octanol–water partition coefficient (Wildman–Crippen LogP) is 3.22. The Morgan fingerprint density at radius 2 is 2.00 bits per heavy atom. The molecule has 3 aromatic rings. The van der Waals surface area contributed by atoms with Crippen molar-refractivity contribution >= 4 is 21.3 Å². The third kappa shape index (κ3) is 4.92. The van der Waals surface area contributed by atoms with Crippen LogP contribution < -0.4 is 14.8 Å². The van der Waals surface area contributed by atoms with E-state index in [-0.39, 0.29) is 17.1 Å². The van der Waals surface area contributed by atoms with Crippen molar-refractivity contribution < 1.29 is 27.3 Å². The molecule has 1 N–H and O–H groups in total. The zero-order chi connectivity index (χ0) is 23.8. The molecule has 2 atom stereocenters. The van der Waals surface area contributed by atoms with Gasteiger partial charge < -0.3 is 14.8 Å². The van der Waals surface area contributed by atoms with Crippen LogP contribution in [0, 0.1) is 0 Å². The van der Waals surface area contributed by atoms with E-state index < -0.39 is 28.0 Å². The minimum Gasteiger partial charge on any atom is -0.395 e. The number of nitrogens with zero attached hydrogens (tertiary/aromatic N) is 5. The molecule has 0 radical (unpaired) electrons. The molecule has 3 heterocycles. The van der Waals surface area contributed by atoms with Gasteiger partial charge in [0.2, 0.25) is 0 Å². The van der Waals surface area contributed by atoms with Crippen LogP contribution in [0.1, 0.15) is 36.1 Å². The highest BCUT2D eigenvalue weighted by molar-refractivity contribution is 7.93. The Labute approximate surface area is 188 Å². The number of aromatic nitrogens is 4. The van der Waals surface area contributed by atoms with Crippen LogP contribution in [-0.2, 0) is 9.73 Å². The monoisotopic (exact) mass is 478 g/mol. The summed E-state index contributed by atoms with van der Waals surface area (Å²) in [6, 6.07) is 6.47. The van der Waals surface area contributed by atoms with Crippen LogP contribution in [0.2, 0.25) is 0 Å². The molecule has 0 aliphatic carbocycles. The normalized spacial score (nSPS) is 16.6. The number of halogens is 2. The van der Waals surface area contributed by atoms with Gasteiger partial charge in [0.05, 0.1) is 17.9 Å². The molecule has 33 heavy (non-hydrogen) atoms. The highest BCUT2D eigenvalue weighted by Crippen LogP contribution is 2.41. The number of hydrogen-bond acceptors (Lipinski definition) is 8.